The number of carbonyl (C=O) groups excluding carboxylic acids is 2. The molecule has 0 saturated carbocycles. The number of furan rings is 1. The highest BCUT2D eigenvalue weighted by molar-refractivity contribution is 8.14. The minimum absolute atomic E-state index is 0.183. The number of nitrogens with zero attached hydrogens (tertiary/aromatic N) is 1. The fraction of sp³-hybridized carbons (Fsp3) is 0.364. The molecule has 0 aliphatic carbocycles. The molecule has 1 atom stereocenters. The summed E-state index contributed by atoms with van der Waals surface area (Å²) in [5.74, 6) is 0.358. The third kappa shape index (κ3) is 3.13. The molecule has 0 saturated heterocycles. The van der Waals surface area contributed by atoms with Gasteiger partial charge in [-0.25, -0.2) is 0 Å². The first-order chi connectivity index (χ1) is 8.66. The van der Waals surface area contributed by atoms with Crippen LogP contribution >= 0.6 is 11.8 Å². The first kappa shape index (κ1) is 12.7. The summed E-state index contributed by atoms with van der Waals surface area (Å²) in [5.41, 5.74) is 0. The van der Waals surface area contributed by atoms with Crippen molar-refractivity contribution < 1.29 is 14.0 Å². The summed E-state index contributed by atoms with van der Waals surface area (Å²) in [7, 11) is 0. The third-order valence-electron chi connectivity index (χ3n) is 2.30. The predicted molar refractivity (Wildman–Crippen MR) is 68.5 cm³/mol. The molecule has 0 fully saturated rings. The largest absolute Gasteiger partial charge is 0.459 e. The van der Waals surface area contributed by atoms with Gasteiger partial charge in [-0.15, -0.1) is 0 Å². The Balaban J connectivity index is 1.85. The Morgan fingerprint density at radius 1 is 1.56 bits per heavy atom. The van der Waals surface area contributed by atoms with Gasteiger partial charge in [0.15, 0.2) is 10.9 Å². The van der Waals surface area contributed by atoms with E-state index < -0.39 is 11.9 Å². The van der Waals surface area contributed by atoms with E-state index in [1.807, 2.05) is 0 Å². The molecule has 2 heterocycles. The van der Waals surface area contributed by atoms with Gasteiger partial charge >= 0.3 is 0 Å². The Labute approximate surface area is 108 Å². The molecule has 7 heteroatoms. The van der Waals surface area contributed by atoms with Crippen LogP contribution in [-0.4, -0.2) is 35.3 Å². The average Bonchev–Trinajstić information content (AvgIpc) is 3.01. The molecule has 2 rings (SSSR count). The number of aliphatic imine (C=N–C) groups is 1. The number of amides is 2. The fourth-order valence-corrected chi connectivity index (χ4v) is 2.10. The first-order valence-corrected chi connectivity index (χ1v) is 6.48. The van der Waals surface area contributed by atoms with Crippen LogP contribution in [0.25, 0.3) is 0 Å². The normalized spacial score (nSPS) is 15.9. The summed E-state index contributed by atoms with van der Waals surface area (Å²) < 4.78 is 4.94. The highest BCUT2D eigenvalue weighted by Crippen LogP contribution is 2.09. The number of hydrogen-bond acceptors (Lipinski definition) is 5. The topological polar surface area (TPSA) is 83.7 Å². The maximum absolute atomic E-state index is 11.8. The van der Waals surface area contributed by atoms with E-state index in [1.165, 1.54) is 24.1 Å². The van der Waals surface area contributed by atoms with Gasteiger partial charge in [-0.2, -0.15) is 0 Å². The molecule has 6 nitrogen and oxygen atoms in total. The van der Waals surface area contributed by atoms with Crippen molar-refractivity contribution in [3.8, 4) is 0 Å². The quantitative estimate of drug-likeness (QED) is 0.840. The number of nitrogens with one attached hydrogen (secondary N) is 2. The molecule has 18 heavy (non-hydrogen) atoms. The van der Waals surface area contributed by atoms with Crippen molar-refractivity contribution >= 4 is 28.7 Å². The molecule has 96 valence electrons. The minimum Gasteiger partial charge on any atom is -0.459 e. The second-order valence-electron chi connectivity index (χ2n) is 3.70. The van der Waals surface area contributed by atoms with E-state index in [-0.39, 0.29) is 11.7 Å². The minimum atomic E-state index is -0.647. The lowest BCUT2D eigenvalue weighted by Crippen LogP contribution is -2.45. The maximum atomic E-state index is 11.8. The Morgan fingerprint density at radius 3 is 3.00 bits per heavy atom. The van der Waals surface area contributed by atoms with Crippen molar-refractivity contribution in [1.29, 1.82) is 0 Å². The molecule has 0 aromatic carbocycles. The lowest BCUT2D eigenvalue weighted by Gasteiger charge is -2.12. The van der Waals surface area contributed by atoms with Crippen molar-refractivity contribution in [3.63, 3.8) is 0 Å². The van der Waals surface area contributed by atoms with Crippen molar-refractivity contribution in [2.24, 2.45) is 4.99 Å². The van der Waals surface area contributed by atoms with Gasteiger partial charge in [0.2, 0.25) is 5.91 Å². The van der Waals surface area contributed by atoms with Gasteiger partial charge < -0.3 is 15.1 Å². The molecular weight excluding hydrogens is 254 g/mol. The van der Waals surface area contributed by atoms with Crippen LogP contribution in [0.4, 0.5) is 0 Å². The Bertz CT molecular complexity index is 470. The van der Waals surface area contributed by atoms with Crippen LogP contribution in [-0.2, 0) is 4.79 Å². The number of rotatable bonds is 3. The second-order valence-corrected chi connectivity index (χ2v) is 4.78. The van der Waals surface area contributed by atoms with Gasteiger partial charge in [0, 0.05) is 5.75 Å². The average molecular weight is 267 g/mol. The second kappa shape index (κ2) is 5.72. The Hall–Kier alpha value is -1.76. The highest BCUT2D eigenvalue weighted by Gasteiger charge is 2.20. The molecule has 1 aliphatic rings. The van der Waals surface area contributed by atoms with Crippen LogP contribution in [0, 0.1) is 0 Å². The zero-order valence-electron chi connectivity index (χ0n) is 9.80. The molecule has 0 bridgehead atoms. The number of thioether (sulfide) groups is 1. The first-order valence-electron chi connectivity index (χ1n) is 5.49. The summed E-state index contributed by atoms with van der Waals surface area (Å²) in [6, 6.07) is 2.51. The van der Waals surface area contributed by atoms with Crippen molar-refractivity contribution in [3.05, 3.63) is 24.2 Å². The van der Waals surface area contributed by atoms with Gasteiger partial charge in [0.1, 0.15) is 6.04 Å². The maximum Gasteiger partial charge on any atom is 0.287 e. The van der Waals surface area contributed by atoms with E-state index in [4.69, 9.17) is 4.42 Å². The number of amidine groups is 1. The summed E-state index contributed by atoms with van der Waals surface area (Å²) in [6.07, 6.45) is 1.41. The SMILES string of the molecule is CC(NC(=O)c1ccco1)C(=O)NC1=NCCS1. The van der Waals surface area contributed by atoms with Crippen LogP contribution in [0.3, 0.4) is 0 Å². The number of carbonyl (C=O) groups is 2. The Morgan fingerprint density at radius 2 is 2.39 bits per heavy atom. The summed E-state index contributed by atoms with van der Waals surface area (Å²) in [4.78, 5) is 27.5. The molecular formula is C11H13N3O3S. The zero-order valence-corrected chi connectivity index (χ0v) is 10.6. The van der Waals surface area contributed by atoms with Gasteiger partial charge in [0.25, 0.3) is 5.91 Å². The molecule has 1 unspecified atom stereocenters. The smallest absolute Gasteiger partial charge is 0.287 e. The van der Waals surface area contributed by atoms with Gasteiger partial charge in [-0.1, -0.05) is 11.8 Å². The standard InChI is InChI=1S/C11H13N3O3S/c1-7(9(15)14-11-12-4-6-18-11)13-10(16)8-3-2-5-17-8/h2-3,5,7H,4,6H2,1H3,(H,13,16)(H,12,14,15). The van der Waals surface area contributed by atoms with Crippen LogP contribution in [0.1, 0.15) is 17.5 Å². The predicted octanol–water partition coefficient (Wildman–Crippen LogP) is 0.617. The molecule has 1 aromatic heterocycles. The molecule has 2 N–H and O–H groups in total. The van der Waals surface area contributed by atoms with E-state index in [0.29, 0.717) is 11.7 Å². The van der Waals surface area contributed by atoms with Crippen LogP contribution in [0.5, 0.6) is 0 Å². The van der Waals surface area contributed by atoms with Crippen molar-refractivity contribution in [2.75, 3.05) is 12.3 Å². The van der Waals surface area contributed by atoms with E-state index in [2.05, 4.69) is 15.6 Å². The van der Waals surface area contributed by atoms with Crippen LogP contribution in [0.15, 0.2) is 27.8 Å². The molecule has 1 aromatic rings. The van der Waals surface area contributed by atoms with E-state index in [0.717, 1.165) is 5.75 Å². The summed E-state index contributed by atoms with van der Waals surface area (Å²) in [6.45, 7) is 2.32. The lowest BCUT2D eigenvalue weighted by atomic mass is 10.3. The summed E-state index contributed by atoms with van der Waals surface area (Å²) in [5, 5.41) is 5.82. The van der Waals surface area contributed by atoms with Crippen LogP contribution in [0.2, 0.25) is 0 Å². The lowest BCUT2D eigenvalue weighted by molar-refractivity contribution is -0.121. The van der Waals surface area contributed by atoms with E-state index in [9.17, 15) is 9.59 Å². The number of hydrogen-bond donors (Lipinski definition) is 2. The van der Waals surface area contributed by atoms with Gasteiger partial charge in [0.05, 0.1) is 12.8 Å². The van der Waals surface area contributed by atoms with Gasteiger partial charge in [-0.3, -0.25) is 14.6 Å². The Kier molecular flexibility index (Phi) is 4.03. The van der Waals surface area contributed by atoms with Crippen molar-refractivity contribution in [1.82, 2.24) is 10.6 Å². The third-order valence-corrected chi connectivity index (χ3v) is 3.19. The summed E-state index contributed by atoms with van der Waals surface area (Å²) >= 11 is 1.49. The van der Waals surface area contributed by atoms with Crippen molar-refractivity contribution in [2.45, 2.75) is 13.0 Å². The highest BCUT2D eigenvalue weighted by atomic mass is 32.2. The zero-order chi connectivity index (χ0) is 13.0. The van der Waals surface area contributed by atoms with E-state index >= 15 is 0 Å². The van der Waals surface area contributed by atoms with Gasteiger partial charge in [-0.05, 0) is 19.1 Å². The molecule has 1 aliphatic heterocycles. The molecule has 0 radical (unpaired) electrons. The van der Waals surface area contributed by atoms with Crippen LogP contribution < -0.4 is 10.6 Å². The molecule has 0 spiro atoms. The fourth-order valence-electron chi connectivity index (χ4n) is 1.37. The monoisotopic (exact) mass is 267 g/mol. The molecule has 2 amide bonds. The van der Waals surface area contributed by atoms with E-state index in [1.54, 1.807) is 13.0 Å².